The molecule has 0 fully saturated rings. The van der Waals surface area contributed by atoms with Crippen LogP contribution in [0.15, 0.2) is 35.5 Å². The van der Waals surface area contributed by atoms with Gasteiger partial charge in [-0.1, -0.05) is 17.4 Å². The maximum Gasteiger partial charge on any atom is 0.325 e. The average molecular weight is 348 g/mol. The molecule has 3 aromatic rings. The zero-order valence-corrected chi connectivity index (χ0v) is 13.7. The first kappa shape index (κ1) is 16.1. The topological polar surface area (TPSA) is 78.5 Å². The molecule has 2 aromatic heterocycles. The minimum Gasteiger partial charge on any atom is -0.468 e. The van der Waals surface area contributed by atoms with E-state index in [1.54, 1.807) is 25.4 Å². The van der Waals surface area contributed by atoms with Gasteiger partial charge >= 0.3 is 5.97 Å². The number of rotatable bonds is 3. The van der Waals surface area contributed by atoms with Crippen LogP contribution in [0.25, 0.3) is 10.2 Å². The highest BCUT2D eigenvalue weighted by Gasteiger charge is 2.15. The fourth-order valence-corrected chi connectivity index (χ4v) is 3.23. The van der Waals surface area contributed by atoms with Gasteiger partial charge in [0.25, 0.3) is 5.91 Å². The van der Waals surface area contributed by atoms with Crippen molar-refractivity contribution >= 4 is 33.4 Å². The Labute approximate surface area is 139 Å². The van der Waals surface area contributed by atoms with E-state index in [0.29, 0.717) is 4.70 Å². The second-order valence-corrected chi connectivity index (χ2v) is 5.93. The number of esters is 1. The van der Waals surface area contributed by atoms with Gasteiger partial charge in [0.15, 0.2) is 10.5 Å². The van der Waals surface area contributed by atoms with E-state index in [2.05, 4.69) is 14.8 Å². The van der Waals surface area contributed by atoms with Gasteiger partial charge in [0.05, 0.1) is 17.3 Å². The lowest BCUT2D eigenvalue weighted by Gasteiger charge is -2.04. The summed E-state index contributed by atoms with van der Waals surface area (Å²) in [5, 5.41) is 3.99. The van der Waals surface area contributed by atoms with Crippen LogP contribution in [-0.4, -0.2) is 33.3 Å². The molecule has 0 spiro atoms. The van der Waals surface area contributed by atoms with Gasteiger partial charge in [0.2, 0.25) is 0 Å². The number of para-hydroxylation sites is 1. The number of carbonyl (C=O) groups excluding carboxylic acids is 2. The number of halogens is 1. The van der Waals surface area contributed by atoms with Crippen LogP contribution in [-0.2, 0) is 23.1 Å². The first-order chi connectivity index (χ1) is 11.5. The van der Waals surface area contributed by atoms with E-state index >= 15 is 0 Å². The summed E-state index contributed by atoms with van der Waals surface area (Å²) in [6, 6.07) is 6.07. The highest BCUT2D eigenvalue weighted by Crippen LogP contribution is 2.20. The fourth-order valence-electron chi connectivity index (χ4n) is 2.19. The standard InChI is InChI=1S/C15H13FN4O3S/c1-19-7-6-10(18-19)14(22)17-15-20(8-12(21)23-2)13-9(16)4-3-5-11(13)24-15/h3-7H,8H2,1-2H3. The van der Waals surface area contributed by atoms with Crippen LogP contribution in [0.2, 0.25) is 0 Å². The summed E-state index contributed by atoms with van der Waals surface area (Å²) in [5.41, 5.74) is 0.375. The maximum absolute atomic E-state index is 14.2. The number of aryl methyl sites for hydroxylation is 1. The SMILES string of the molecule is COC(=O)Cn1c(=NC(=O)c2ccn(C)n2)sc2cccc(F)c21. The van der Waals surface area contributed by atoms with Crippen LogP contribution < -0.4 is 4.80 Å². The quantitative estimate of drug-likeness (QED) is 0.672. The van der Waals surface area contributed by atoms with E-state index in [-0.39, 0.29) is 22.6 Å². The van der Waals surface area contributed by atoms with Crippen molar-refractivity contribution in [3.8, 4) is 0 Å². The van der Waals surface area contributed by atoms with Crippen molar-refractivity contribution in [3.63, 3.8) is 0 Å². The Hall–Kier alpha value is -2.81. The molecular weight excluding hydrogens is 335 g/mol. The minimum absolute atomic E-state index is 0.167. The second-order valence-electron chi connectivity index (χ2n) is 4.93. The van der Waals surface area contributed by atoms with E-state index in [0.717, 1.165) is 11.3 Å². The van der Waals surface area contributed by atoms with E-state index in [1.807, 2.05) is 0 Å². The predicted molar refractivity (Wildman–Crippen MR) is 84.9 cm³/mol. The molecule has 0 aliphatic heterocycles. The summed E-state index contributed by atoms with van der Waals surface area (Å²) < 4.78 is 22.2. The first-order valence-electron chi connectivity index (χ1n) is 6.93. The molecule has 1 amide bonds. The van der Waals surface area contributed by atoms with Crippen molar-refractivity contribution in [1.29, 1.82) is 0 Å². The highest BCUT2D eigenvalue weighted by atomic mass is 32.1. The van der Waals surface area contributed by atoms with E-state index in [4.69, 9.17) is 0 Å². The molecule has 0 saturated carbocycles. The monoisotopic (exact) mass is 348 g/mol. The Balaban J connectivity index is 2.17. The third-order valence-corrected chi connectivity index (χ3v) is 4.34. The smallest absolute Gasteiger partial charge is 0.325 e. The van der Waals surface area contributed by atoms with Crippen molar-refractivity contribution in [1.82, 2.24) is 14.3 Å². The number of hydrogen-bond acceptors (Lipinski definition) is 5. The number of nitrogens with zero attached hydrogens (tertiary/aromatic N) is 4. The van der Waals surface area contributed by atoms with E-state index in [9.17, 15) is 14.0 Å². The predicted octanol–water partition coefficient (Wildman–Crippen LogP) is 1.49. The first-order valence-corrected chi connectivity index (χ1v) is 7.74. The highest BCUT2D eigenvalue weighted by molar-refractivity contribution is 7.16. The summed E-state index contributed by atoms with van der Waals surface area (Å²) in [7, 11) is 2.92. The lowest BCUT2D eigenvalue weighted by atomic mass is 10.3. The third kappa shape index (κ3) is 2.98. The number of thiazole rings is 1. The van der Waals surface area contributed by atoms with Gasteiger partial charge in [-0.05, 0) is 18.2 Å². The molecule has 0 unspecified atom stereocenters. The van der Waals surface area contributed by atoms with Crippen LogP contribution in [0.4, 0.5) is 4.39 Å². The van der Waals surface area contributed by atoms with Gasteiger partial charge in [-0.15, -0.1) is 0 Å². The Morgan fingerprint density at radius 3 is 2.83 bits per heavy atom. The van der Waals surface area contributed by atoms with Crippen molar-refractivity contribution in [3.05, 3.63) is 46.8 Å². The summed E-state index contributed by atoms with van der Waals surface area (Å²) in [6.07, 6.45) is 1.62. The Bertz CT molecular complexity index is 1000. The lowest BCUT2D eigenvalue weighted by Crippen LogP contribution is -2.23. The maximum atomic E-state index is 14.2. The molecule has 24 heavy (non-hydrogen) atoms. The molecule has 2 heterocycles. The number of methoxy groups -OCH3 is 1. The molecule has 7 nitrogen and oxygen atoms in total. The molecule has 0 atom stereocenters. The Morgan fingerprint density at radius 1 is 1.38 bits per heavy atom. The third-order valence-electron chi connectivity index (χ3n) is 3.30. The Kier molecular flexibility index (Phi) is 4.26. The fraction of sp³-hybridized carbons (Fsp3) is 0.200. The normalized spacial score (nSPS) is 11.9. The molecule has 9 heteroatoms. The van der Waals surface area contributed by atoms with Crippen LogP contribution in [0.1, 0.15) is 10.5 Å². The largest absolute Gasteiger partial charge is 0.468 e. The molecule has 0 saturated heterocycles. The molecule has 3 rings (SSSR count). The van der Waals surface area contributed by atoms with Crippen LogP contribution in [0.5, 0.6) is 0 Å². The van der Waals surface area contributed by atoms with E-state index < -0.39 is 17.7 Å². The average Bonchev–Trinajstić information content (AvgIpc) is 3.12. The van der Waals surface area contributed by atoms with Crippen molar-refractivity contribution in [2.45, 2.75) is 6.54 Å². The zero-order chi connectivity index (χ0) is 17.3. The van der Waals surface area contributed by atoms with E-state index in [1.165, 1.54) is 28.5 Å². The van der Waals surface area contributed by atoms with Gasteiger partial charge in [-0.25, -0.2) is 4.39 Å². The van der Waals surface area contributed by atoms with Crippen molar-refractivity contribution in [2.24, 2.45) is 12.0 Å². The Morgan fingerprint density at radius 2 is 2.17 bits per heavy atom. The van der Waals surface area contributed by atoms with Crippen LogP contribution >= 0.6 is 11.3 Å². The molecule has 0 bridgehead atoms. The van der Waals surface area contributed by atoms with Gasteiger partial charge in [-0.2, -0.15) is 10.1 Å². The molecule has 1 aromatic carbocycles. The van der Waals surface area contributed by atoms with Gasteiger partial charge in [0, 0.05) is 13.2 Å². The number of carbonyl (C=O) groups is 2. The molecule has 0 N–H and O–H groups in total. The summed E-state index contributed by atoms with van der Waals surface area (Å²) in [4.78, 5) is 28.1. The van der Waals surface area contributed by atoms with Gasteiger partial charge in [0.1, 0.15) is 12.4 Å². The number of ether oxygens (including phenoxy) is 1. The molecule has 0 aliphatic rings. The number of hydrogen-bond donors (Lipinski definition) is 0. The summed E-state index contributed by atoms with van der Waals surface area (Å²) in [5.74, 6) is -1.63. The van der Waals surface area contributed by atoms with Crippen LogP contribution in [0.3, 0.4) is 0 Å². The summed E-state index contributed by atoms with van der Waals surface area (Å²) in [6.45, 7) is -0.244. The van der Waals surface area contributed by atoms with Gasteiger partial charge < -0.3 is 9.30 Å². The number of fused-ring (bicyclic) bond motifs is 1. The number of aromatic nitrogens is 3. The zero-order valence-electron chi connectivity index (χ0n) is 12.9. The molecule has 0 aliphatic carbocycles. The van der Waals surface area contributed by atoms with Gasteiger partial charge in [-0.3, -0.25) is 14.3 Å². The second kappa shape index (κ2) is 6.36. The minimum atomic E-state index is -0.568. The van der Waals surface area contributed by atoms with Crippen molar-refractivity contribution < 1.29 is 18.7 Å². The molecule has 0 radical (unpaired) electrons. The number of amides is 1. The lowest BCUT2D eigenvalue weighted by molar-refractivity contribution is -0.141. The molecule has 124 valence electrons. The molecular formula is C15H13FN4O3S. The number of benzene rings is 1. The van der Waals surface area contributed by atoms with Crippen molar-refractivity contribution in [2.75, 3.05) is 7.11 Å². The summed E-state index contributed by atoms with van der Waals surface area (Å²) >= 11 is 1.11. The van der Waals surface area contributed by atoms with Crippen LogP contribution in [0, 0.1) is 5.82 Å².